The van der Waals surface area contributed by atoms with Crippen LogP contribution >= 0.6 is 7.92 Å². The van der Waals surface area contributed by atoms with E-state index in [0.717, 1.165) is 49.6 Å². The maximum absolute atomic E-state index is 12.4. The molecular weight excluding hydrogens is 583 g/mol. The zero-order valence-electron chi connectivity index (χ0n) is 27.1. The van der Waals surface area contributed by atoms with Gasteiger partial charge in [-0.3, -0.25) is 14.4 Å². The van der Waals surface area contributed by atoms with Gasteiger partial charge in [-0.15, -0.1) is 0 Å². The lowest BCUT2D eigenvalue weighted by Crippen LogP contribution is -2.54. The van der Waals surface area contributed by atoms with Gasteiger partial charge >= 0.3 is 11.9 Å². The summed E-state index contributed by atoms with van der Waals surface area (Å²) in [5, 5.41) is 2.81. The molecule has 2 heterocycles. The second-order valence-corrected chi connectivity index (χ2v) is 16.6. The van der Waals surface area contributed by atoms with Crippen molar-refractivity contribution in [2.45, 2.75) is 89.3 Å². The molecular formula is C33H57N2O8P. The van der Waals surface area contributed by atoms with Crippen LogP contribution in [0.4, 0.5) is 0 Å². The van der Waals surface area contributed by atoms with E-state index in [1.807, 2.05) is 0 Å². The first-order chi connectivity index (χ1) is 21.3. The monoisotopic (exact) mass is 640 g/mol. The summed E-state index contributed by atoms with van der Waals surface area (Å²) in [4.78, 5) is 35.0. The molecule has 1 amide bonds. The zero-order chi connectivity index (χ0) is 31.4. The van der Waals surface area contributed by atoms with Gasteiger partial charge in [0, 0.05) is 19.1 Å². The number of nitrogens with one attached hydrogen (secondary N) is 1. The molecule has 2 aliphatic heterocycles. The highest BCUT2D eigenvalue weighted by Crippen LogP contribution is 2.71. The van der Waals surface area contributed by atoms with Gasteiger partial charge in [0.05, 0.1) is 39.6 Å². The molecule has 6 unspecified atom stereocenters. The number of rotatable bonds is 19. The Kier molecular flexibility index (Phi) is 14.2. The van der Waals surface area contributed by atoms with Gasteiger partial charge in [-0.25, -0.2) is 0 Å². The molecule has 2 saturated heterocycles. The van der Waals surface area contributed by atoms with Gasteiger partial charge < -0.3 is 34.7 Å². The highest BCUT2D eigenvalue weighted by atomic mass is 31.1. The fourth-order valence-electron chi connectivity index (χ4n) is 9.13. The maximum Gasteiger partial charge on any atom is 0.325 e. The quantitative estimate of drug-likeness (QED) is 0.0934. The van der Waals surface area contributed by atoms with Crippen molar-refractivity contribution in [3.8, 4) is 0 Å². The normalized spacial score (nSPS) is 34.3. The molecule has 252 valence electrons. The molecule has 10 nitrogen and oxygen atoms in total. The number of carbonyl (C=O) groups is 3. The van der Waals surface area contributed by atoms with Gasteiger partial charge in [-0.2, -0.15) is 0 Å². The van der Waals surface area contributed by atoms with Gasteiger partial charge in [0.1, 0.15) is 19.3 Å². The Labute approximate surface area is 265 Å². The Hall–Kier alpha value is -1.32. The lowest BCUT2D eigenvalue weighted by Gasteiger charge is -2.61. The summed E-state index contributed by atoms with van der Waals surface area (Å²) < 4.78 is 27.3. The van der Waals surface area contributed by atoms with Crippen LogP contribution in [0.5, 0.6) is 0 Å². The number of hydrogen-bond donors (Lipinski definition) is 2. The average molecular weight is 641 g/mol. The lowest BCUT2D eigenvalue weighted by molar-refractivity contribution is -0.148. The maximum atomic E-state index is 12.4. The smallest absolute Gasteiger partial charge is 0.325 e. The van der Waals surface area contributed by atoms with E-state index in [4.69, 9.17) is 29.4 Å². The SMILES string of the molecule is CC12CCC3[C@@H](CCP4C[C@H](OC(=O)CNC=O)CCC34C)C1CCC2CCCC(=O)OCCOCCOCCOCCN. The molecule has 44 heavy (non-hydrogen) atoms. The molecule has 2 saturated carbocycles. The minimum atomic E-state index is -0.318. The molecule has 2 aliphatic carbocycles. The van der Waals surface area contributed by atoms with E-state index >= 15 is 0 Å². The third-order valence-electron chi connectivity index (χ3n) is 11.3. The third kappa shape index (κ3) is 9.15. The summed E-state index contributed by atoms with van der Waals surface area (Å²) >= 11 is 0. The Balaban J connectivity index is 1.13. The van der Waals surface area contributed by atoms with E-state index in [1.165, 1.54) is 38.3 Å². The summed E-state index contributed by atoms with van der Waals surface area (Å²) in [5.41, 5.74) is 5.75. The second kappa shape index (κ2) is 17.6. The van der Waals surface area contributed by atoms with E-state index in [-0.39, 0.29) is 39.1 Å². The van der Waals surface area contributed by atoms with E-state index in [9.17, 15) is 14.4 Å². The molecule has 0 bridgehead atoms. The topological polar surface area (TPSA) is 135 Å². The van der Waals surface area contributed by atoms with E-state index in [1.54, 1.807) is 0 Å². The summed E-state index contributed by atoms with van der Waals surface area (Å²) in [6.45, 7) is 8.81. The minimum absolute atomic E-state index is 0.00727. The molecule has 4 aliphatic rings. The average Bonchev–Trinajstić information content (AvgIpc) is 3.35. The Morgan fingerprint density at radius 2 is 1.61 bits per heavy atom. The van der Waals surface area contributed by atoms with Crippen LogP contribution in [0.2, 0.25) is 0 Å². The Morgan fingerprint density at radius 3 is 2.34 bits per heavy atom. The summed E-state index contributed by atoms with van der Waals surface area (Å²) in [6.07, 6.45) is 14.0. The van der Waals surface area contributed by atoms with Crippen molar-refractivity contribution in [3.05, 3.63) is 0 Å². The number of esters is 2. The fourth-order valence-corrected chi connectivity index (χ4v) is 12.8. The van der Waals surface area contributed by atoms with E-state index in [2.05, 4.69) is 19.2 Å². The first-order valence-corrected chi connectivity index (χ1v) is 18.7. The van der Waals surface area contributed by atoms with Crippen LogP contribution in [0.15, 0.2) is 0 Å². The molecule has 0 aromatic heterocycles. The fraction of sp³-hybridized carbons (Fsp3) is 0.909. The summed E-state index contributed by atoms with van der Waals surface area (Å²) in [7, 11) is -0.173. The van der Waals surface area contributed by atoms with E-state index < -0.39 is 0 Å². The number of fused-ring (bicyclic) bond motifs is 5. The molecule has 3 N–H and O–H groups in total. The van der Waals surface area contributed by atoms with Gasteiger partial charge in [-0.05, 0) is 98.2 Å². The number of hydrogen-bond acceptors (Lipinski definition) is 9. The van der Waals surface area contributed by atoms with Gasteiger partial charge in [0.2, 0.25) is 6.41 Å². The van der Waals surface area contributed by atoms with Crippen molar-refractivity contribution >= 4 is 26.3 Å². The van der Waals surface area contributed by atoms with Crippen molar-refractivity contribution in [3.63, 3.8) is 0 Å². The summed E-state index contributed by atoms with van der Waals surface area (Å²) in [6, 6.07) is 0. The van der Waals surface area contributed by atoms with Crippen LogP contribution < -0.4 is 11.1 Å². The Morgan fingerprint density at radius 1 is 0.886 bits per heavy atom. The molecule has 8 atom stereocenters. The standard InChI is InChI=1S/C33H57N2O8P/c1-32-11-9-29-27(10-21-44-23-26(8-12-33(29,44)2)43-31(38)22-35-24-36)28(32)7-6-25(32)4-3-5-30(37)42-20-19-41-18-17-40-16-15-39-14-13-34/h24-29H,3-23,34H2,1-2H3,(H,35,36)/t25?,26-,27+,28?,29?,32?,33?,44?/m1/s1. The summed E-state index contributed by atoms with van der Waals surface area (Å²) in [5.74, 6) is 2.63. The first-order valence-electron chi connectivity index (χ1n) is 17.0. The Bertz CT molecular complexity index is 926. The molecule has 4 rings (SSSR count). The lowest BCUT2D eigenvalue weighted by atomic mass is 9.54. The second-order valence-electron chi connectivity index (χ2n) is 13.7. The van der Waals surface area contributed by atoms with Crippen LogP contribution in [0.25, 0.3) is 0 Å². The minimum Gasteiger partial charge on any atom is -0.463 e. The van der Waals surface area contributed by atoms with Crippen LogP contribution in [0.1, 0.15) is 78.1 Å². The third-order valence-corrected chi connectivity index (χ3v) is 15.0. The largest absolute Gasteiger partial charge is 0.463 e. The number of amides is 1. The highest BCUT2D eigenvalue weighted by molar-refractivity contribution is 7.59. The van der Waals surface area contributed by atoms with E-state index in [0.29, 0.717) is 75.5 Å². The van der Waals surface area contributed by atoms with Crippen molar-refractivity contribution in [2.75, 3.05) is 71.7 Å². The van der Waals surface area contributed by atoms with Crippen LogP contribution in [0, 0.1) is 29.1 Å². The number of ether oxygens (including phenoxy) is 5. The first kappa shape index (κ1) is 35.5. The van der Waals surface area contributed by atoms with Crippen LogP contribution in [-0.4, -0.2) is 101 Å². The molecule has 0 radical (unpaired) electrons. The predicted molar refractivity (Wildman–Crippen MR) is 170 cm³/mol. The van der Waals surface area contributed by atoms with Crippen LogP contribution in [-0.2, 0) is 38.1 Å². The van der Waals surface area contributed by atoms with Gasteiger partial charge in [0.25, 0.3) is 0 Å². The molecule has 0 aromatic carbocycles. The van der Waals surface area contributed by atoms with Crippen molar-refractivity contribution in [1.82, 2.24) is 5.32 Å². The number of nitrogens with two attached hydrogens (primary N) is 1. The van der Waals surface area contributed by atoms with Crippen molar-refractivity contribution in [2.24, 2.45) is 34.8 Å². The predicted octanol–water partition coefficient (Wildman–Crippen LogP) is 3.86. The molecule has 11 heteroatoms. The molecule has 4 fully saturated rings. The van der Waals surface area contributed by atoms with Crippen LogP contribution in [0.3, 0.4) is 0 Å². The van der Waals surface area contributed by atoms with Crippen molar-refractivity contribution < 1.29 is 38.1 Å². The van der Waals surface area contributed by atoms with Gasteiger partial charge in [0.15, 0.2) is 0 Å². The van der Waals surface area contributed by atoms with Crippen molar-refractivity contribution in [1.29, 1.82) is 0 Å². The van der Waals surface area contributed by atoms with Gasteiger partial charge in [-0.1, -0.05) is 21.8 Å². The number of carbonyl (C=O) groups excluding carboxylic acids is 3. The molecule has 0 spiro atoms. The molecule has 0 aromatic rings. The highest BCUT2D eigenvalue weighted by Gasteiger charge is 2.60. The zero-order valence-corrected chi connectivity index (χ0v) is 28.0.